The van der Waals surface area contributed by atoms with Crippen LogP contribution >= 0.6 is 0 Å². The maximum atomic E-state index is 12.3. The molecule has 1 aliphatic heterocycles. The Morgan fingerprint density at radius 2 is 2.21 bits per heavy atom. The maximum Gasteiger partial charge on any atom is 0.240 e. The molecule has 126 valence electrons. The van der Waals surface area contributed by atoms with Gasteiger partial charge in [0.1, 0.15) is 18.1 Å². The molecule has 1 saturated heterocycles. The van der Waals surface area contributed by atoms with E-state index >= 15 is 0 Å². The number of para-hydroxylation sites is 2. The highest BCUT2D eigenvalue weighted by Gasteiger charge is 2.32. The Balaban J connectivity index is 1.64. The third-order valence-electron chi connectivity index (χ3n) is 4.10. The average Bonchev–Trinajstić information content (AvgIpc) is 3.13. The topological polar surface area (TPSA) is 76.5 Å². The number of rotatable bonds is 5. The molecule has 0 bridgehead atoms. The van der Waals surface area contributed by atoms with Crippen molar-refractivity contribution in [2.45, 2.75) is 25.9 Å². The number of nitrogens with zero attached hydrogens (tertiary/aromatic N) is 3. The van der Waals surface area contributed by atoms with Crippen LogP contribution < -0.4 is 15.0 Å². The second-order valence-corrected chi connectivity index (χ2v) is 5.75. The molecule has 3 rings (SSSR count). The number of aromatic nitrogens is 2. The first-order valence-corrected chi connectivity index (χ1v) is 7.79. The van der Waals surface area contributed by atoms with Gasteiger partial charge in [-0.1, -0.05) is 12.1 Å². The Morgan fingerprint density at radius 3 is 2.92 bits per heavy atom. The van der Waals surface area contributed by atoms with Crippen LogP contribution in [0.1, 0.15) is 12.2 Å². The van der Waals surface area contributed by atoms with Gasteiger partial charge in [-0.3, -0.25) is 9.59 Å². The number of carbonyl (C=O) groups excluding carboxylic acids is 2. The first-order chi connectivity index (χ1) is 11.6. The Labute approximate surface area is 140 Å². The molecule has 2 aromatic rings. The van der Waals surface area contributed by atoms with E-state index in [1.807, 2.05) is 31.2 Å². The molecular weight excluding hydrogens is 308 g/mol. The average molecular weight is 328 g/mol. The van der Waals surface area contributed by atoms with Crippen molar-refractivity contribution < 1.29 is 14.3 Å². The van der Waals surface area contributed by atoms with Crippen LogP contribution in [-0.2, 0) is 16.1 Å². The van der Waals surface area contributed by atoms with Gasteiger partial charge in [-0.05, 0) is 19.1 Å². The van der Waals surface area contributed by atoms with Crippen LogP contribution in [0.5, 0.6) is 5.75 Å². The van der Waals surface area contributed by atoms with Gasteiger partial charge in [0.05, 0.1) is 18.8 Å². The molecule has 1 aliphatic rings. The quantitative estimate of drug-likeness (QED) is 0.892. The maximum absolute atomic E-state index is 12.3. The first kappa shape index (κ1) is 16.0. The number of anilines is 1. The highest BCUT2D eigenvalue weighted by molar-refractivity contribution is 5.98. The molecule has 0 unspecified atom stereocenters. The summed E-state index contributed by atoms with van der Waals surface area (Å²) < 4.78 is 7.08. The van der Waals surface area contributed by atoms with Crippen LogP contribution in [0.4, 0.5) is 5.69 Å². The number of nitrogens with one attached hydrogen (secondary N) is 1. The minimum Gasteiger partial charge on any atom is -0.495 e. The standard InChI is InChI=1S/C17H20N4O3/c1-12-18-7-8-20(12)11-16(22)19-13-9-17(23)21(10-13)14-5-3-4-6-15(14)24-2/h3-8,13H,9-11H2,1-2H3,(H,19,22)/t13-/m1/s1. The van der Waals surface area contributed by atoms with Crippen molar-refractivity contribution in [2.24, 2.45) is 0 Å². The Bertz CT molecular complexity index is 756. The molecule has 0 aliphatic carbocycles. The molecule has 7 heteroatoms. The third kappa shape index (κ3) is 3.24. The molecule has 0 spiro atoms. The number of carbonyl (C=O) groups is 2. The normalized spacial score (nSPS) is 17.2. The predicted molar refractivity (Wildman–Crippen MR) is 88.9 cm³/mol. The summed E-state index contributed by atoms with van der Waals surface area (Å²) >= 11 is 0. The summed E-state index contributed by atoms with van der Waals surface area (Å²) in [6.07, 6.45) is 3.70. The lowest BCUT2D eigenvalue weighted by atomic mass is 10.2. The van der Waals surface area contributed by atoms with Crippen molar-refractivity contribution in [3.63, 3.8) is 0 Å². The number of ether oxygens (including phenoxy) is 1. The molecule has 0 radical (unpaired) electrons. The zero-order chi connectivity index (χ0) is 17.1. The SMILES string of the molecule is COc1ccccc1N1C[C@H](NC(=O)Cn2ccnc2C)CC1=O. The third-order valence-corrected chi connectivity index (χ3v) is 4.10. The Hall–Kier alpha value is -2.83. The Kier molecular flexibility index (Phi) is 4.50. The molecular formula is C17H20N4O3. The summed E-state index contributed by atoms with van der Waals surface area (Å²) in [5, 5.41) is 2.92. The van der Waals surface area contributed by atoms with Gasteiger partial charge in [-0.2, -0.15) is 0 Å². The van der Waals surface area contributed by atoms with Crippen molar-refractivity contribution >= 4 is 17.5 Å². The molecule has 1 N–H and O–H groups in total. The summed E-state index contributed by atoms with van der Waals surface area (Å²) in [7, 11) is 1.58. The highest BCUT2D eigenvalue weighted by atomic mass is 16.5. The first-order valence-electron chi connectivity index (χ1n) is 7.79. The number of amides is 2. The molecule has 7 nitrogen and oxygen atoms in total. The van der Waals surface area contributed by atoms with Gasteiger partial charge in [0.25, 0.3) is 0 Å². The minimum atomic E-state index is -0.210. The van der Waals surface area contributed by atoms with Crippen molar-refractivity contribution in [3.8, 4) is 5.75 Å². The number of aryl methyl sites for hydroxylation is 1. The lowest BCUT2D eigenvalue weighted by Crippen LogP contribution is -2.39. The second-order valence-electron chi connectivity index (χ2n) is 5.75. The van der Waals surface area contributed by atoms with Crippen LogP contribution in [0.2, 0.25) is 0 Å². The van der Waals surface area contributed by atoms with Crippen molar-refractivity contribution in [2.75, 3.05) is 18.6 Å². The van der Waals surface area contributed by atoms with E-state index in [0.717, 1.165) is 11.5 Å². The molecule has 24 heavy (non-hydrogen) atoms. The van der Waals surface area contributed by atoms with Gasteiger partial charge in [-0.15, -0.1) is 0 Å². The van der Waals surface area contributed by atoms with E-state index in [-0.39, 0.29) is 30.8 Å². The number of imidazole rings is 1. The van der Waals surface area contributed by atoms with Crippen LogP contribution in [0.3, 0.4) is 0 Å². The summed E-state index contributed by atoms with van der Waals surface area (Å²) in [4.78, 5) is 30.2. The second kappa shape index (κ2) is 6.74. The van der Waals surface area contributed by atoms with E-state index in [1.54, 1.807) is 29.0 Å². The lowest BCUT2D eigenvalue weighted by Gasteiger charge is -2.19. The fourth-order valence-electron chi connectivity index (χ4n) is 2.89. The van der Waals surface area contributed by atoms with Gasteiger partial charge >= 0.3 is 0 Å². The fourth-order valence-corrected chi connectivity index (χ4v) is 2.89. The van der Waals surface area contributed by atoms with E-state index in [9.17, 15) is 9.59 Å². The summed E-state index contributed by atoms with van der Waals surface area (Å²) in [6, 6.07) is 7.17. The largest absolute Gasteiger partial charge is 0.495 e. The number of methoxy groups -OCH3 is 1. The van der Waals surface area contributed by atoms with Crippen LogP contribution in [0.25, 0.3) is 0 Å². The van der Waals surface area contributed by atoms with Crippen molar-refractivity contribution in [1.82, 2.24) is 14.9 Å². The Morgan fingerprint density at radius 1 is 1.42 bits per heavy atom. The number of hydrogen-bond acceptors (Lipinski definition) is 4. The van der Waals surface area contributed by atoms with Crippen LogP contribution in [-0.4, -0.2) is 41.1 Å². The van der Waals surface area contributed by atoms with Crippen molar-refractivity contribution in [1.29, 1.82) is 0 Å². The number of benzene rings is 1. The lowest BCUT2D eigenvalue weighted by molar-refractivity contribution is -0.122. The van der Waals surface area contributed by atoms with Crippen LogP contribution in [0.15, 0.2) is 36.7 Å². The molecule has 2 heterocycles. The van der Waals surface area contributed by atoms with E-state index in [1.165, 1.54) is 0 Å². The van der Waals surface area contributed by atoms with Gasteiger partial charge in [-0.25, -0.2) is 4.98 Å². The molecule has 2 amide bonds. The van der Waals surface area contributed by atoms with Gasteiger partial charge in [0.15, 0.2) is 0 Å². The zero-order valence-corrected chi connectivity index (χ0v) is 13.7. The number of hydrogen-bond donors (Lipinski definition) is 1. The van der Waals surface area contributed by atoms with Crippen LogP contribution in [0, 0.1) is 6.92 Å². The summed E-state index contributed by atoms with van der Waals surface area (Å²) in [5.41, 5.74) is 0.729. The molecule has 1 atom stereocenters. The predicted octanol–water partition coefficient (Wildman–Crippen LogP) is 1.12. The molecule has 0 saturated carbocycles. The van der Waals surface area contributed by atoms with Gasteiger partial charge in [0, 0.05) is 25.4 Å². The molecule has 1 aromatic heterocycles. The fraction of sp³-hybridized carbons (Fsp3) is 0.353. The van der Waals surface area contributed by atoms with Gasteiger partial charge < -0.3 is 19.5 Å². The summed E-state index contributed by atoms with van der Waals surface area (Å²) in [6.45, 7) is 2.48. The molecule has 1 fully saturated rings. The monoisotopic (exact) mass is 328 g/mol. The minimum absolute atomic E-state index is 0.0244. The van der Waals surface area contributed by atoms with Crippen molar-refractivity contribution in [3.05, 3.63) is 42.5 Å². The van der Waals surface area contributed by atoms with Gasteiger partial charge in [0.2, 0.25) is 11.8 Å². The van der Waals surface area contributed by atoms with E-state index in [4.69, 9.17) is 4.74 Å². The van der Waals surface area contributed by atoms with E-state index in [0.29, 0.717) is 12.3 Å². The molecule has 1 aromatic carbocycles. The van der Waals surface area contributed by atoms with E-state index < -0.39 is 0 Å². The van der Waals surface area contributed by atoms with E-state index in [2.05, 4.69) is 10.3 Å². The zero-order valence-electron chi connectivity index (χ0n) is 13.7. The highest BCUT2D eigenvalue weighted by Crippen LogP contribution is 2.30. The summed E-state index contributed by atoms with van der Waals surface area (Å²) in [5.74, 6) is 1.27. The smallest absolute Gasteiger partial charge is 0.240 e.